The highest BCUT2D eigenvalue weighted by Gasteiger charge is 2.17. The van der Waals surface area contributed by atoms with Crippen LogP contribution in [0, 0.1) is 25.2 Å². The summed E-state index contributed by atoms with van der Waals surface area (Å²) in [5.74, 6) is 0.838. The summed E-state index contributed by atoms with van der Waals surface area (Å²) in [6.07, 6.45) is 1.48. The lowest BCUT2D eigenvalue weighted by Gasteiger charge is -2.25. The van der Waals surface area contributed by atoms with Crippen LogP contribution in [0.1, 0.15) is 41.4 Å². The van der Waals surface area contributed by atoms with Crippen molar-refractivity contribution in [2.24, 2.45) is 0 Å². The van der Waals surface area contributed by atoms with Gasteiger partial charge in [0.15, 0.2) is 0 Å². The Hall–Kier alpha value is -2.85. The fourth-order valence-electron chi connectivity index (χ4n) is 3.43. The second-order valence-electron chi connectivity index (χ2n) is 7.34. The van der Waals surface area contributed by atoms with Crippen LogP contribution in [0.4, 0.5) is 0 Å². The minimum absolute atomic E-state index is 0.0222. The van der Waals surface area contributed by atoms with Gasteiger partial charge in [0.25, 0.3) is 0 Å². The van der Waals surface area contributed by atoms with Crippen LogP contribution in [0.3, 0.4) is 0 Å². The van der Waals surface area contributed by atoms with E-state index in [2.05, 4.69) is 21.4 Å². The summed E-state index contributed by atoms with van der Waals surface area (Å²) in [5, 5.41) is 16.3. The number of aromatic nitrogens is 2. The molecule has 1 aromatic carbocycles. The molecule has 1 amide bonds. The number of carbonyl (C=O) groups is 1. The fourth-order valence-corrected chi connectivity index (χ4v) is 3.43. The SMILES string of the molecule is COc1ccc(C(CNC(=O)CCc2c(C)nn(CCC#N)c2C)N(C)C)cc1. The zero-order chi connectivity index (χ0) is 21.4. The average molecular weight is 398 g/mol. The monoisotopic (exact) mass is 397 g/mol. The topological polar surface area (TPSA) is 83.2 Å². The van der Waals surface area contributed by atoms with Crippen molar-refractivity contribution in [1.29, 1.82) is 5.26 Å². The van der Waals surface area contributed by atoms with E-state index in [1.165, 1.54) is 0 Å². The van der Waals surface area contributed by atoms with Gasteiger partial charge in [-0.3, -0.25) is 9.48 Å². The van der Waals surface area contributed by atoms with Crippen molar-refractivity contribution in [3.05, 3.63) is 46.8 Å². The quantitative estimate of drug-likeness (QED) is 0.666. The van der Waals surface area contributed by atoms with Crippen LogP contribution in [0.15, 0.2) is 24.3 Å². The molecule has 156 valence electrons. The highest BCUT2D eigenvalue weighted by molar-refractivity contribution is 5.76. The van der Waals surface area contributed by atoms with E-state index in [0.717, 1.165) is 28.3 Å². The van der Waals surface area contributed by atoms with Crippen LogP contribution < -0.4 is 10.1 Å². The standard InChI is InChI=1S/C22H31N5O2/c1-16-20(17(2)27(25-16)14-6-13-23)11-12-22(28)24-15-21(26(3)4)18-7-9-19(29-5)10-8-18/h7-10,21H,6,11-12,14-15H2,1-5H3,(H,24,28). The molecule has 7 nitrogen and oxygen atoms in total. The van der Waals surface area contributed by atoms with Crippen molar-refractivity contribution in [1.82, 2.24) is 20.0 Å². The van der Waals surface area contributed by atoms with Gasteiger partial charge < -0.3 is 15.0 Å². The number of hydrogen-bond acceptors (Lipinski definition) is 5. The van der Waals surface area contributed by atoms with E-state index in [4.69, 9.17) is 10.00 Å². The molecule has 1 unspecified atom stereocenters. The van der Waals surface area contributed by atoms with E-state index < -0.39 is 0 Å². The van der Waals surface area contributed by atoms with Gasteiger partial charge in [-0.05, 0) is 57.6 Å². The van der Waals surface area contributed by atoms with Gasteiger partial charge >= 0.3 is 0 Å². The van der Waals surface area contributed by atoms with Crippen molar-refractivity contribution in [3.8, 4) is 11.8 Å². The smallest absolute Gasteiger partial charge is 0.220 e. The molecule has 0 bridgehead atoms. The van der Waals surface area contributed by atoms with Gasteiger partial charge in [0.05, 0.1) is 37.9 Å². The van der Waals surface area contributed by atoms with Crippen molar-refractivity contribution in [2.45, 2.75) is 45.7 Å². The van der Waals surface area contributed by atoms with Crippen LogP contribution in [0.5, 0.6) is 5.75 Å². The number of nitrogens with zero attached hydrogens (tertiary/aromatic N) is 4. The number of benzene rings is 1. The van der Waals surface area contributed by atoms with Crippen LogP contribution in [-0.2, 0) is 17.8 Å². The molecule has 0 spiro atoms. The lowest BCUT2D eigenvalue weighted by molar-refractivity contribution is -0.121. The molecule has 7 heteroatoms. The first-order chi connectivity index (χ1) is 13.9. The minimum Gasteiger partial charge on any atom is -0.497 e. The Balaban J connectivity index is 1.93. The second kappa shape index (κ2) is 10.6. The molecule has 29 heavy (non-hydrogen) atoms. The third-order valence-corrected chi connectivity index (χ3v) is 5.19. The number of aryl methyl sites for hydroxylation is 2. The Labute approximate surface area is 173 Å². The first kappa shape index (κ1) is 22.4. The van der Waals surface area contributed by atoms with Gasteiger partial charge in [-0.1, -0.05) is 12.1 Å². The Morgan fingerprint density at radius 1 is 1.31 bits per heavy atom. The number of hydrogen-bond donors (Lipinski definition) is 1. The Morgan fingerprint density at radius 2 is 2.00 bits per heavy atom. The summed E-state index contributed by atoms with van der Waals surface area (Å²) >= 11 is 0. The molecule has 0 aliphatic carbocycles. The summed E-state index contributed by atoms with van der Waals surface area (Å²) in [6, 6.07) is 10.1. The summed E-state index contributed by atoms with van der Waals surface area (Å²) in [4.78, 5) is 14.5. The number of methoxy groups -OCH3 is 1. The lowest BCUT2D eigenvalue weighted by atomic mass is 10.1. The predicted octanol–water partition coefficient (Wildman–Crippen LogP) is 2.77. The molecular weight excluding hydrogens is 366 g/mol. The van der Waals surface area contributed by atoms with Gasteiger partial charge in [-0.25, -0.2) is 0 Å². The molecule has 1 N–H and O–H groups in total. The minimum atomic E-state index is 0.0222. The largest absolute Gasteiger partial charge is 0.497 e. The molecule has 0 saturated heterocycles. The first-order valence-electron chi connectivity index (χ1n) is 9.84. The maximum Gasteiger partial charge on any atom is 0.220 e. The van der Waals surface area contributed by atoms with E-state index in [-0.39, 0.29) is 11.9 Å². The van der Waals surface area contributed by atoms with Gasteiger partial charge in [-0.15, -0.1) is 0 Å². The van der Waals surface area contributed by atoms with E-state index in [0.29, 0.717) is 32.4 Å². The molecule has 1 heterocycles. The Morgan fingerprint density at radius 3 is 2.59 bits per heavy atom. The van der Waals surface area contributed by atoms with Crippen LogP contribution in [0.2, 0.25) is 0 Å². The molecule has 0 fully saturated rings. The van der Waals surface area contributed by atoms with E-state index >= 15 is 0 Å². The lowest BCUT2D eigenvalue weighted by Crippen LogP contribution is -2.34. The third kappa shape index (κ3) is 6.06. The number of nitrogens with one attached hydrogen (secondary N) is 1. The molecule has 1 atom stereocenters. The molecule has 1 aromatic heterocycles. The van der Waals surface area contributed by atoms with Crippen molar-refractivity contribution >= 4 is 5.91 Å². The number of carbonyl (C=O) groups excluding carboxylic acids is 1. The van der Waals surface area contributed by atoms with Gasteiger partial charge in [0.1, 0.15) is 5.75 Å². The van der Waals surface area contributed by atoms with Crippen LogP contribution in [0.25, 0.3) is 0 Å². The maximum atomic E-state index is 12.5. The van der Waals surface area contributed by atoms with E-state index in [9.17, 15) is 4.79 Å². The summed E-state index contributed by atoms with van der Waals surface area (Å²) in [5.41, 5.74) is 4.19. The van der Waals surface area contributed by atoms with Crippen molar-refractivity contribution in [2.75, 3.05) is 27.7 Å². The van der Waals surface area contributed by atoms with Gasteiger partial charge in [0.2, 0.25) is 5.91 Å². The van der Waals surface area contributed by atoms with Crippen LogP contribution in [-0.4, -0.2) is 48.3 Å². The number of ether oxygens (including phenoxy) is 1. The predicted molar refractivity (Wildman–Crippen MR) is 113 cm³/mol. The van der Waals surface area contributed by atoms with Gasteiger partial charge in [-0.2, -0.15) is 10.4 Å². The highest BCUT2D eigenvalue weighted by atomic mass is 16.5. The average Bonchev–Trinajstić information content (AvgIpc) is 2.98. The molecular formula is C22H31N5O2. The van der Waals surface area contributed by atoms with Crippen molar-refractivity contribution < 1.29 is 9.53 Å². The molecule has 2 rings (SSSR count). The normalized spacial score (nSPS) is 11.9. The summed E-state index contributed by atoms with van der Waals surface area (Å²) in [6.45, 7) is 5.07. The zero-order valence-corrected chi connectivity index (χ0v) is 18.0. The number of nitriles is 1. The number of rotatable bonds is 10. The fraction of sp³-hybridized carbons (Fsp3) is 0.500. The zero-order valence-electron chi connectivity index (χ0n) is 18.0. The first-order valence-corrected chi connectivity index (χ1v) is 9.84. The summed E-state index contributed by atoms with van der Waals surface area (Å²) < 4.78 is 7.08. The number of amides is 1. The Bertz CT molecular complexity index is 849. The highest BCUT2D eigenvalue weighted by Crippen LogP contribution is 2.21. The summed E-state index contributed by atoms with van der Waals surface area (Å²) in [7, 11) is 5.65. The molecule has 0 aliphatic rings. The number of likely N-dealkylation sites (N-methyl/N-ethyl adjacent to an activating group) is 1. The molecule has 2 aromatic rings. The van der Waals surface area contributed by atoms with Gasteiger partial charge in [0, 0.05) is 18.7 Å². The molecule has 0 radical (unpaired) electrons. The van der Waals surface area contributed by atoms with E-state index in [1.807, 2.05) is 56.9 Å². The maximum absolute atomic E-state index is 12.5. The van der Waals surface area contributed by atoms with Crippen molar-refractivity contribution in [3.63, 3.8) is 0 Å². The molecule has 0 saturated carbocycles. The van der Waals surface area contributed by atoms with Crippen LogP contribution >= 0.6 is 0 Å². The third-order valence-electron chi connectivity index (χ3n) is 5.19. The molecule has 0 aliphatic heterocycles. The Kier molecular flexibility index (Phi) is 8.22. The second-order valence-corrected chi connectivity index (χ2v) is 7.34. The van der Waals surface area contributed by atoms with E-state index in [1.54, 1.807) is 7.11 Å².